The lowest BCUT2D eigenvalue weighted by molar-refractivity contribution is 0.518. The van der Waals surface area contributed by atoms with Crippen LogP contribution in [-0.2, 0) is 10.0 Å². The minimum atomic E-state index is -3.37. The van der Waals surface area contributed by atoms with Gasteiger partial charge in [-0.15, -0.1) is 23.4 Å². The molecule has 96 valence electrons. The van der Waals surface area contributed by atoms with Crippen LogP contribution in [0.15, 0.2) is 34.1 Å². The fourth-order valence-electron chi connectivity index (χ4n) is 1.22. The Kier molecular flexibility index (Phi) is 5.79. The van der Waals surface area contributed by atoms with Gasteiger partial charge in [0.2, 0.25) is 10.0 Å². The first kappa shape index (κ1) is 14.8. The second-order valence-electron chi connectivity index (χ2n) is 3.63. The molecule has 0 aromatic heterocycles. The molecule has 0 heterocycles. The fraction of sp³-hybridized carbons (Fsp3) is 0.455. The molecule has 0 aliphatic rings. The van der Waals surface area contributed by atoms with Crippen molar-refractivity contribution in [3.05, 3.63) is 24.3 Å². The highest BCUT2D eigenvalue weighted by molar-refractivity contribution is 8.00. The summed E-state index contributed by atoms with van der Waals surface area (Å²) in [6.45, 7) is 0. The summed E-state index contributed by atoms with van der Waals surface area (Å²) in [5, 5.41) is 0. The van der Waals surface area contributed by atoms with Crippen LogP contribution in [0.1, 0.15) is 6.42 Å². The van der Waals surface area contributed by atoms with E-state index in [0.29, 0.717) is 10.8 Å². The van der Waals surface area contributed by atoms with Crippen LogP contribution in [-0.4, -0.2) is 38.5 Å². The Hall–Kier alpha value is -0.230. The van der Waals surface area contributed by atoms with Gasteiger partial charge in [0, 0.05) is 24.9 Å². The van der Waals surface area contributed by atoms with E-state index in [1.807, 2.05) is 12.1 Å². The summed E-state index contributed by atoms with van der Waals surface area (Å²) >= 11 is 7.13. The normalized spacial score (nSPS) is 12.0. The van der Waals surface area contributed by atoms with Gasteiger partial charge in [-0.2, -0.15) is 0 Å². The molecule has 6 heteroatoms. The number of hydrogen-bond donors (Lipinski definition) is 0. The molecule has 17 heavy (non-hydrogen) atoms. The van der Waals surface area contributed by atoms with Gasteiger partial charge in [-0.05, 0) is 24.3 Å². The Morgan fingerprint density at radius 3 is 2.53 bits per heavy atom. The van der Waals surface area contributed by atoms with Gasteiger partial charge in [0.05, 0.1) is 4.90 Å². The maximum Gasteiger partial charge on any atom is 0.243 e. The standard InChI is InChI=1S/C11H16ClNO2S2/c1-13(2)17(14,15)11-7-4-3-6-10(11)16-9-5-8-12/h3-4,6-7H,5,8-9H2,1-2H3. The SMILES string of the molecule is CN(C)S(=O)(=O)c1ccccc1SCCCCl. The van der Waals surface area contributed by atoms with Crippen LogP contribution in [0.2, 0.25) is 0 Å². The van der Waals surface area contributed by atoms with E-state index in [4.69, 9.17) is 11.6 Å². The average Bonchev–Trinajstić information content (AvgIpc) is 2.29. The predicted molar refractivity (Wildman–Crippen MR) is 73.4 cm³/mol. The van der Waals surface area contributed by atoms with Crippen LogP contribution < -0.4 is 0 Å². The third-order valence-electron chi connectivity index (χ3n) is 2.14. The van der Waals surface area contributed by atoms with Crippen molar-refractivity contribution in [1.82, 2.24) is 4.31 Å². The highest BCUT2D eigenvalue weighted by Crippen LogP contribution is 2.28. The van der Waals surface area contributed by atoms with Gasteiger partial charge in [0.1, 0.15) is 0 Å². The zero-order valence-electron chi connectivity index (χ0n) is 9.89. The molecular weight excluding hydrogens is 278 g/mol. The van der Waals surface area contributed by atoms with Crippen LogP contribution in [0, 0.1) is 0 Å². The number of benzene rings is 1. The lowest BCUT2D eigenvalue weighted by atomic mass is 10.4. The fourth-order valence-corrected chi connectivity index (χ4v) is 3.86. The van der Waals surface area contributed by atoms with Crippen molar-refractivity contribution in [2.75, 3.05) is 25.7 Å². The number of sulfonamides is 1. The molecule has 1 aromatic carbocycles. The minimum Gasteiger partial charge on any atom is -0.207 e. The first-order valence-electron chi connectivity index (χ1n) is 5.20. The number of halogens is 1. The van der Waals surface area contributed by atoms with Crippen molar-refractivity contribution in [2.24, 2.45) is 0 Å². The van der Waals surface area contributed by atoms with Crippen molar-refractivity contribution in [3.8, 4) is 0 Å². The summed E-state index contributed by atoms with van der Waals surface area (Å²) in [6, 6.07) is 7.05. The van der Waals surface area contributed by atoms with E-state index in [-0.39, 0.29) is 0 Å². The maximum atomic E-state index is 12.1. The molecule has 0 spiro atoms. The van der Waals surface area contributed by atoms with E-state index in [1.165, 1.54) is 30.2 Å². The zero-order valence-corrected chi connectivity index (χ0v) is 12.3. The van der Waals surface area contributed by atoms with Gasteiger partial charge in [-0.1, -0.05) is 12.1 Å². The molecule has 0 radical (unpaired) electrons. The molecule has 0 unspecified atom stereocenters. The number of alkyl halides is 1. The summed E-state index contributed by atoms with van der Waals surface area (Å²) in [4.78, 5) is 1.15. The van der Waals surface area contributed by atoms with E-state index in [2.05, 4.69) is 0 Å². The summed E-state index contributed by atoms with van der Waals surface area (Å²) in [6.07, 6.45) is 0.864. The minimum absolute atomic E-state index is 0.365. The van der Waals surface area contributed by atoms with E-state index in [9.17, 15) is 8.42 Å². The molecule has 0 amide bonds. The lowest BCUT2D eigenvalue weighted by Crippen LogP contribution is -2.22. The van der Waals surface area contributed by atoms with E-state index in [1.54, 1.807) is 12.1 Å². The van der Waals surface area contributed by atoms with Crippen molar-refractivity contribution >= 4 is 33.4 Å². The van der Waals surface area contributed by atoms with Crippen molar-refractivity contribution in [1.29, 1.82) is 0 Å². The number of thioether (sulfide) groups is 1. The molecule has 1 rings (SSSR count). The van der Waals surface area contributed by atoms with Gasteiger partial charge in [-0.25, -0.2) is 12.7 Å². The molecule has 0 saturated carbocycles. The molecule has 0 fully saturated rings. The Labute approximate surface area is 112 Å². The summed E-state index contributed by atoms with van der Waals surface area (Å²) in [5.74, 6) is 1.42. The Balaban J connectivity index is 3.00. The second kappa shape index (κ2) is 6.64. The van der Waals surface area contributed by atoms with Gasteiger partial charge < -0.3 is 0 Å². The quantitative estimate of drug-likeness (QED) is 0.460. The van der Waals surface area contributed by atoms with Crippen LogP contribution >= 0.6 is 23.4 Å². The highest BCUT2D eigenvalue weighted by Gasteiger charge is 2.20. The van der Waals surface area contributed by atoms with Crippen molar-refractivity contribution in [3.63, 3.8) is 0 Å². The number of rotatable bonds is 6. The topological polar surface area (TPSA) is 37.4 Å². The maximum absolute atomic E-state index is 12.1. The molecule has 1 aromatic rings. The Morgan fingerprint density at radius 2 is 1.94 bits per heavy atom. The second-order valence-corrected chi connectivity index (χ2v) is 7.26. The van der Waals surface area contributed by atoms with E-state index >= 15 is 0 Å². The largest absolute Gasteiger partial charge is 0.243 e. The van der Waals surface area contributed by atoms with Crippen LogP contribution in [0.5, 0.6) is 0 Å². The van der Waals surface area contributed by atoms with Gasteiger partial charge >= 0.3 is 0 Å². The smallest absolute Gasteiger partial charge is 0.207 e. The highest BCUT2D eigenvalue weighted by atomic mass is 35.5. The predicted octanol–water partition coefficient (Wildman–Crippen LogP) is 2.66. The van der Waals surface area contributed by atoms with Crippen LogP contribution in [0.25, 0.3) is 0 Å². The van der Waals surface area contributed by atoms with Crippen LogP contribution in [0.4, 0.5) is 0 Å². The Bertz CT molecular complexity index is 460. The van der Waals surface area contributed by atoms with E-state index in [0.717, 1.165) is 17.1 Å². The molecular formula is C11H16ClNO2S2. The van der Waals surface area contributed by atoms with Gasteiger partial charge in [0.25, 0.3) is 0 Å². The molecule has 3 nitrogen and oxygen atoms in total. The molecule has 0 N–H and O–H groups in total. The van der Waals surface area contributed by atoms with Crippen LogP contribution in [0.3, 0.4) is 0 Å². The molecule has 0 atom stereocenters. The monoisotopic (exact) mass is 293 g/mol. The zero-order chi connectivity index (χ0) is 12.9. The summed E-state index contributed by atoms with van der Waals surface area (Å²) < 4.78 is 25.4. The number of hydrogen-bond acceptors (Lipinski definition) is 3. The van der Waals surface area contributed by atoms with Gasteiger partial charge in [-0.3, -0.25) is 0 Å². The third kappa shape index (κ3) is 3.88. The molecule has 0 aliphatic carbocycles. The summed E-state index contributed by atoms with van der Waals surface area (Å²) in [7, 11) is -0.291. The molecule has 0 bridgehead atoms. The first-order chi connectivity index (χ1) is 8.00. The number of nitrogens with zero attached hydrogens (tertiary/aromatic N) is 1. The molecule has 0 saturated heterocycles. The van der Waals surface area contributed by atoms with E-state index < -0.39 is 10.0 Å². The third-order valence-corrected chi connectivity index (χ3v) is 5.57. The average molecular weight is 294 g/mol. The van der Waals surface area contributed by atoms with Crippen molar-refractivity contribution in [2.45, 2.75) is 16.2 Å². The molecule has 0 aliphatic heterocycles. The van der Waals surface area contributed by atoms with Crippen molar-refractivity contribution < 1.29 is 8.42 Å². The summed E-state index contributed by atoms with van der Waals surface area (Å²) in [5.41, 5.74) is 0. The van der Waals surface area contributed by atoms with Gasteiger partial charge in [0.15, 0.2) is 0 Å². The first-order valence-corrected chi connectivity index (χ1v) is 8.16. The Morgan fingerprint density at radius 1 is 1.29 bits per heavy atom. The lowest BCUT2D eigenvalue weighted by Gasteiger charge is -2.14.